The molecule has 0 bridgehead atoms. The lowest BCUT2D eigenvalue weighted by Gasteiger charge is -2.26. The lowest BCUT2D eigenvalue weighted by atomic mass is 10.1. The van der Waals surface area contributed by atoms with Crippen molar-refractivity contribution in [1.82, 2.24) is 4.90 Å². The van der Waals surface area contributed by atoms with Crippen LogP contribution >= 0.6 is 0 Å². The van der Waals surface area contributed by atoms with E-state index in [0.29, 0.717) is 18.3 Å². The standard InChI is InChI=1S/C16H27N3O/c1-14(2)19(13-11-16(17)18-20)12-7-6-10-15-8-4-3-5-9-15/h3-5,8-9,14,20H,6-7,10-13H2,1-2H3,(H2,17,18). The minimum absolute atomic E-state index is 0.305. The van der Waals surface area contributed by atoms with Crippen LogP contribution < -0.4 is 5.73 Å². The number of nitrogens with zero attached hydrogens (tertiary/aromatic N) is 2. The molecule has 0 spiro atoms. The molecular formula is C16H27N3O. The Morgan fingerprint density at radius 3 is 2.50 bits per heavy atom. The van der Waals surface area contributed by atoms with Crippen molar-refractivity contribution >= 4 is 5.84 Å². The van der Waals surface area contributed by atoms with Crippen molar-refractivity contribution in [3.63, 3.8) is 0 Å². The summed E-state index contributed by atoms with van der Waals surface area (Å²) in [5.41, 5.74) is 6.93. The summed E-state index contributed by atoms with van der Waals surface area (Å²) in [6.07, 6.45) is 4.11. The third-order valence-corrected chi connectivity index (χ3v) is 3.52. The SMILES string of the molecule is CC(C)N(CCCCc1ccccc1)CC/C(N)=N/O. The Labute approximate surface area is 122 Å². The summed E-state index contributed by atoms with van der Waals surface area (Å²) in [6, 6.07) is 11.1. The number of unbranched alkanes of at least 4 members (excludes halogenated alkanes) is 1. The Kier molecular flexibility index (Phi) is 7.73. The molecule has 4 nitrogen and oxygen atoms in total. The van der Waals surface area contributed by atoms with Gasteiger partial charge in [0.1, 0.15) is 5.84 Å². The van der Waals surface area contributed by atoms with Crippen molar-refractivity contribution in [2.24, 2.45) is 10.9 Å². The molecule has 0 fully saturated rings. The van der Waals surface area contributed by atoms with E-state index in [2.05, 4.69) is 54.2 Å². The fraction of sp³-hybridized carbons (Fsp3) is 0.562. The van der Waals surface area contributed by atoms with E-state index in [0.717, 1.165) is 19.5 Å². The molecule has 4 heteroatoms. The fourth-order valence-electron chi connectivity index (χ4n) is 2.23. The van der Waals surface area contributed by atoms with E-state index in [1.165, 1.54) is 18.4 Å². The molecule has 20 heavy (non-hydrogen) atoms. The predicted octanol–water partition coefficient (Wildman–Crippen LogP) is 2.86. The first-order valence-electron chi connectivity index (χ1n) is 7.38. The van der Waals surface area contributed by atoms with Gasteiger partial charge in [0.05, 0.1) is 0 Å². The van der Waals surface area contributed by atoms with Gasteiger partial charge in [0.2, 0.25) is 0 Å². The van der Waals surface area contributed by atoms with Gasteiger partial charge in [0, 0.05) is 19.0 Å². The highest BCUT2D eigenvalue weighted by atomic mass is 16.4. The van der Waals surface area contributed by atoms with Gasteiger partial charge in [0.15, 0.2) is 0 Å². The van der Waals surface area contributed by atoms with Crippen molar-refractivity contribution < 1.29 is 5.21 Å². The number of rotatable bonds is 9. The second-order valence-corrected chi connectivity index (χ2v) is 5.41. The van der Waals surface area contributed by atoms with Gasteiger partial charge < -0.3 is 15.8 Å². The number of hydrogen-bond acceptors (Lipinski definition) is 3. The molecule has 0 saturated carbocycles. The second-order valence-electron chi connectivity index (χ2n) is 5.41. The first kappa shape index (κ1) is 16.5. The third kappa shape index (κ3) is 6.57. The van der Waals surface area contributed by atoms with E-state index >= 15 is 0 Å². The van der Waals surface area contributed by atoms with Gasteiger partial charge in [-0.25, -0.2) is 0 Å². The van der Waals surface area contributed by atoms with Gasteiger partial charge in [-0.2, -0.15) is 0 Å². The van der Waals surface area contributed by atoms with Gasteiger partial charge in [0.25, 0.3) is 0 Å². The Morgan fingerprint density at radius 2 is 1.90 bits per heavy atom. The van der Waals surface area contributed by atoms with Crippen LogP contribution in [0.25, 0.3) is 0 Å². The van der Waals surface area contributed by atoms with Gasteiger partial charge in [-0.15, -0.1) is 0 Å². The number of nitrogens with two attached hydrogens (primary N) is 1. The molecule has 3 N–H and O–H groups in total. The number of aryl methyl sites for hydroxylation is 1. The van der Waals surface area contributed by atoms with Crippen molar-refractivity contribution in [2.75, 3.05) is 13.1 Å². The van der Waals surface area contributed by atoms with Crippen LogP contribution in [-0.4, -0.2) is 35.1 Å². The van der Waals surface area contributed by atoms with Crippen LogP contribution in [0.4, 0.5) is 0 Å². The monoisotopic (exact) mass is 277 g/mol. The average molecular weight is 277 g/mol. The van der Waals surface area contributed by atoms with Gasteiger partial charge >= 0.3 is 0 Å². The summed E-state index contributed by atoms with van der Waals surface area (Å²) in [6.45, 7) is 6.27. The molecule has 1 rings (SSSR count). The first-order chi connectivity index (χ1) is 9.63. The first-order valence-corrected chi connectivity index (χ1v) is 7.38. The molecular weight excluding hydrogens is 250 g/mol. The molecule has 1 aromatic carbocycles. The van der Waals surface area contributed by atoms with E-state index < -0.39 is 0 Å². The van der Waals surface area contributed by atoms with Crippen molar-refractivity contribution in [3.05, 3.63) is 35.9 Å². The fourth-order valence-corrected chi connectivity index (χ4v) is 2.23. The molecule has 0 heterocycles. The maximum atomic E-state index is 8.57. The minimum atomic E-state index is 0.305. The molecule has 0 saturated heterocycles. The Bertz CT molecular complexity index is 390. The molecule has 0 aliphatic carbocycles. The number of oxime groups is 1. The van der Waals surface area contributed by atoms with Crippen LogP contribution in [0.3, 0.4) is 0 Å². The molecule has 1 aromatic rings. The van der Waals surface area contributed by atoms with Crippen LogP contribution in [0.2, 0.25) is 0 Å². The molecule has 0 aliphatic rings. The molecule has 0 atom stereocenters. The zero-order valence-electron chi connectivity index (χ0n) is 12.6. The summed E-state index contributed by atoms with van der Waals surface area (Å²) in [7, 11) is 0. The maximum absolute atomic E-state index is 8.57. The Balaban J connectivity index is 2.25. The van der Waals surface area contributed by atoms with E-state index in [9.17, 15) is 0 Å². The topological polar surface area (TPSA) is 61.8 Å². The molecule has 0 radical (unpaired) electrons. The molecule has 0 aromatic heterocycles. The highest BCUT2D eigenvalue weighted by molar-refractivity contribution is 5.79. The zero-order valence-corrected chi connectivity index (χ0v) is 12.6. The predicted molar refractivity (Wildman–Crippen MR) is 84.1 cm³/mol. The highest BCUT2D eigenvalue weighted by Gasteiger charge is 2.09. The van der Waals surface area contributed by atoms with E-state index in [1.54, 1.807) is 0 Å². The maximum Gasteiger partial charge on any atom is 0.140 e. The number of benzene rings is 1. The third-order valence-electron chi connectivity index (χ3n) is 3.52. The quantitative estimate of drug-likeness (QED) is 0.240. The van der Waals surface area contributed by atoms with Crippen LogP contribution in [0.1, 0.15) is 38.7 Å². The molecule has 112 valence electrons. The summed E-state index contributed by atoms with van der Waals surface area (Å²) in [4.78, 5) is 2.38. The average Bonchev–Trinajstić information content (AvgIpc) is 2.46. The van der Waals surface area contributed by atoms with Crippen molar-refractivity contribution in [2.45, 2.75) is 45.6 Å². The largest absolute Gasteiger partial charge is 0.409 e. The zero-order chi connectivity index (χ0) is 14.8. The minimum Gasteiger partial charge on any atom is -0.409 e. The highest BCUT2D eigenvalue weighted by Crippen LogP contribution is 2.07. The smallest absolute Gasteiger partial charge is 0.140 e. The summed E-state index contributed by atoms with van der Waals surface area (Å²) < 4.78 is 0. The van der Waals surface area contributed by atoms with E-state index in [4.69, 9.17) is 10.9 Å². The number of hydrogen-bond donors (Lipinski definition) is 2. The van der Waals surface area contributed by atoms with Gasteiger partial charge in [-0.3, -0.25) is 0 Å². The lowest BCUT2D eigenvalue weighted by Crippen LogP contribution is -2.34. The van der Waals surface area contributed by atoms with E-state index in [1.807, 2.05) is 0 Å². The van der Waals surface area contributed by atoms with E-state index in [-0.39, 0.29) is 0 Å². The molecule has 0 unspecified atom stereocenters. The van der Waals surface area contributed by atoms with Crippen molar-refractivity contribution in [1.29, 1.82) is 0 Å². The van der Waals surface area contributed by atoms with Crippen LogP contribution in [-0.2, 0) is 6.42 Å². The van der Waals surface area contributed by atoms with Crippen LogP contribution in [0.5, 0.6) is 0 Å². The summed E-state index contributed by atoms with van der Waals surface area (Å²) in [5.74, 6) is 0.305. The molecule has 0 aliphatic heterocycles. The normalized spacial score (nSPS) is 12.3. The Morgan fingerprint density at radius 1 is 1.20 bits per heavy atom. The van der Waals surface area contributed by atoms with Crippen LogP contribution in [0, 0.1) is 0 Å². The summed E-state index contributed by atoms with van der Waals surface area (Å²) >= 11 is 0. The summed E-state index contributed by atoms with van der Waals surface area (Å²) in [5, 5.41) is 11.6. The molecule has 0 amide bonds. The van der Waals surface area contributed by atoms with Gasteiger partial charge in [-0.1, -0.05) is 35.5 Å². The van der Waals surface area contributed by atoms with Crippen LogP contribution in [0.15, 0.2) is 35.5 Å². The van der Waals surface area contributed by atoms with Crippen molar-refractivity contribution in [3.8, 4) is 0 Å². The van der Waals surface area contributed by atoms with Gasteiger partial charge in [-0.05, 0) is 45.2 Å². The second kappa shape index (κ2) is 9.37. The Hall–Kier alpha value is -1.55. The number of amidine groups is 1. The lowest BCUT2D eigenvalue weighted by molar-refractivity contribution is 0.222.